The summed E-state index contributed by atoms with van der Waals surface area (Å²) in [5, 5.41) is 1.42. The molecule has 1 unspecified atom stereocenters. The van der Waals surface area contributed by atoms with Crippen molar-refractivity contribution in [3.63, 3.8) is 0 Å². The SMILES string of the molecule is C=CCOCC=C[C@H]1CC(=C)[C@H](CC[C@H]2C[C@@H](C)C(=C)[C@@H](C[C@@H]3O[C@H](C[C@@H](CO[Si](C)(C)C(C)(C)C)O[Si](C)(C)C(C)(C)C)[C@H](OC)[C@H]3[C@@H](C(=O)C[C@H]3CC[C@@H]4O[C@@H]5[C@@H](O[C@H](CC(C=C)O[Si](CC)(CC)CC)[C@@H]5O[Si](c5ccccc5)(c5ccccc5)C(C)(C)C)[C@@H](O[Si](c5ccccc5)(c5ccccc5)C(C)(C)C)[C@H]4O3)S(=O)(=O)c3ccccc3)O2)O1. The lowest BCUT2D eigenvalue weighted by molar-refractivity contribution is -0.254. The van der Waals surface area contributed by atoms with Crippen LogP contribution in [-0.2, 0) is 74.7 Å². The van der Waals surface area contributed by atoms with Gasteiger partial charge < -0.3 is 60.0 Å². The molecule has 20 atom stereocenters. The maximum atomic E-state index is 17.2. The number of Topliss-reactive ketones (excluding diaryl/α,β-unsaturated/α-hetero) is 1. The molecule has 0 N–H and O–H groups in total. The molecule has 0 spiro atoms. The summed E-state index contributed by atoms with van der Waals surface area (Å²) in [6.07, 6.45) is 1.43. The fraction of sp³-hybridized carbons (Fsp3) is 0.598. The highest BCUT2D eigenvalue weighted by Gasteiger charge is 2.66. The summed E-state index contributed by atoms with van der Waals surface area (Å²) in [5.41, 5.74) is 1.92. The van der Waals surface area contributed by atoms with Crippen LogP contribution in [-0.4, -0.2) is 192 Å². The standard InChI is InChI=1S/C102H152O16SSi5/c1-26-62-107-63-46-47-75-65-72(7)85(109-75)60-58-76-64-71(6)73(8)87(110-76)69-88-91(92(106-21)89(112-88)68-78(115-121(24,25)100(12,13)14)70-108-120(22,23)99(9,10)11)98(119(104,105)79-48-36-31-37-49-79)84(103)66-77-59-61-86-93(111-77)97(118-124(102(18,19)20,82-54-42-34-43-55-82)83-56-44-35-45-57-83)96-95(113-86)94(90(114-96)67-74(27-2)116-122(28-3,29-4)30-5)117-123(101(15,16)17,80-50-38-32-39-51-80)81-52-40-33-41-53-81/h26-27,31-57,71,74-78,85-98H,1-2,7-8,28-30,58-70H2,3-6,9-25H3/t71-,74?,75+,76+,77-,78+,85+,86+,87-,88+,89-,90-,91+,92+,93+,94+,95+,96-,97+,98-/m1/s1. The molecule has 6 saturated heterocycles. The minimum Gasteiger partial charge on any atom is -0.414 e. The Labute approximate surface area is 751 Å². The van der Waals surface area contributed by atoms with E-state index in [2.05, 4.69) is 284 Å². The number of benzene rings is 5. The van der Waals surface area contributed by atoms with E-state index < -0.39 is 164 Å². The van der Waals surface area contributed by atoms with Crippen molar-refractivity contribution in [3.8, 4) is 0 Å². The van der Waals surface area contributed by atoms with Crippen LogP contribution >= 0.6 is 0 Å². The molecule has 682 valence electrons. The van der Waals surface area contributed by atoms with Gasteiger partial charge in [-0.3, -0.25) is 4.79 Å². The molecule has 16 nitrogen and oxygen atoms in total. The van der Waals surface area contributed by atoms with E-state index in [9.17, 15) is 0 Å². The van der Waals surface area contributed by atoms with Crippen molar-refractivity contribution in [1.82, 2.24) is 0 Å². The third-order valence-electron chi connectivity index (χ3n) is 29.1. The number of ketones is 1. The van der Waals surface area contributed by atoms with E-state index in [-0.39, 0.29) is 58.7 Å². The van der Waals surface area contributed by atoms with Crippen LogP contribution in [0.3, 0.4) is 0 Å². The highest BCUT2D eigenvalue weighted by Crippen LogP contribution is 2.52. The monoisotopic (exact) mass is 1800 g/mol. The topological polar surface area (TPSA) is 171 Å². The number of carbonyl (C=O) groups is 1. The Balaban J connectivity index is 1.03. The zero-order valence-corrected chi connectivity index (χ0v) is 84.7. The van der Waals surface area contributed by atoms with Gasteiger partial charge in [-0.2, -0.15) is 0 Å². The molecule has 0 amide bonds. The molecule has 0 bridgehead atoms. The van der Waals surface area contributed by atoms with E-state index in [4.69, 9.17) is 66.6 Å². The molecule has 5 aromatic rings. The maximum absolute atomic E-state index is 17.2. The van der Waals surface area contributed by atoms with Crippen LogP contribution in [0.2, 0.25) is 64.5 Å². The largest absolute Gasteiger partial charge is 0.414 e. The van der Waals surface area contributed by atoms with Crippen molar-refractivity contribution in [2.24, 2.45) is 11.8 Å². The number of fused-ring (bicyclic) bond motifs is 2. The normalized spacial score (nSPS) is 27.8. The van der Waals surface area contributed by atoms with Crippen molar-refractivity contribution in [2.75, 3.05) is 26.9 Å². The molecule has 0 saturated carbocycles. The van der Waals surface area contributed by atoms with Crippen LogP contribution in [0, 0.1) is 11.8 Å². The van der Waals surface area contributed by atoms with Gasteiger partial charge in [-0.25, -0.2) is 8.42 Å². The van der Waals surface area contributed by atoms with Crippen LogP contribution in [0.5, 0.6) is 0 Å². The Morgan fingerprint density at radius 2 is 1.07 bits per heavy atom. The summed E-state index contributed by atoms with van der Waals surface area (Å²) in [6, 6.07) is 54.2. The molecule has 0 aromatic heterocycles. The minimum absolute atomic E-state index is 0.0166. The minimum atomic E-state index is -4.62. The van der Waals surface area contributed by atoms with Gasteiger partial charge in [0.15, 0.2) is 40.6 Å². The Bertz CT molecular complexity index is 4340. The summed E-state index contributed by atoms with van der Waals surface area (Å²) in [4.78, 5) is 17.2. The Morgan fingerprint density at radius 3 is 1.57 bits per heavy atom. The molecule has 0 radical (unpaired) electrons. The lowest BCUT2D eigenvalue weighted by Crippen LogP contribution is -2.73. The second-order valence-corrected chi connectivity index (χ2v) is 66.1. The highest BCUT2D eigenvalue weighted by molar-refractivity contribution is 7.92. The van der Waals surface area contributed by atoms with Gasteiger partial charge in [-0.05, 0) is 147 Å². The second kappa shape index (κ2) is 41.6. The smallest absolute Gasteiger partial charge is 0.261 e. The van der Waals surface area contributed by atoms with Crippen LogP contribution in [0.15, 0.2) is 218 Å². The van der Waals surface area contributed by atoms with Gasteiger partial charge in [0.2, 0.25) is 0 Å². The maximum Gasteiger partial charge on any atom is 0.261 e. The number of hydrogen-bond donors (Lipinski definition) is 0. The van der Waals surface area contributed by atoms with Gasteiger partial charge >= 0.3 is 0 Å². The molecular weight excluding hydrogens is 1650 g/mol. The quantitative estimate of drug-likeness (QED) is 0.0206. The number of rotatable bonds is 40. The molecule has 5 aromatic carbocycles. The first-order valence-corrected chi connectivity index (χ1v) is 60.0. The van der Waals surface area contributed by atoms with E-state index in [1.165, 1.54) is 0 Å². The third kappa shape index (κ3) is 22.1. The molecule has 6 aliphatic rings. The lowest BCUT2D eigenvalue weighted by Gasteiger charge is -2.53. The van der Waals surface area contributed by atoms with Crippen molar-refractivity contribution < 1.29 is 73.2 Å². The van der Waals surface area contributed by atoms with Gasteiger partial charge in [0, 0.05) is 45.1 Å². The average Bonchev–Trinajstić information content (AvgIpc) is 1.49. The zero-order chi connectivity index (χ0) is 90.2. The van der Waals surface area contributed by atoms with Crippen molar-refractivity contribution in [3.05, 3.63) is 213 Å². The molecule has 6 fully saturated rings. The number of carbonyl (C=O) groups excluding carboxylic acids is 1. The van der Waals surface area contributed by atoms with Crippen LogP contribution in [0.25, 0.3) is 0 Å². The first-order chi connectivity index (χ1) is 58.6. The van der Waals surface area contributed by atoms with Gasteiger partial charge in [0.25, 0.3) is 16.6 Å². The van der Waals surface area contributed by atoms with E-state index in [1.807, 2.05) is 12.2 Å². The summed E-state index contributed by atoms with van der Waals surface area (Å²) in [6.45, 7) is 63.9. The Hall–Kier alpha value is -5.02. The van der Waals surface area contributed by atoms with Gasteiger partial charge in [-0.1, -0.05) is 288 Å². The van der Waals surface area contributed by atoms with E-state index in [0.717, 1.165) is 56.4 Å². The van der Waals surface area contributed by atoms with Gasteiger partial charge in [0.05, 0.1) is 98.0 Å². The van der Waals surface area contributed by atoms with E-state index in [0.29, 0.717) is 58.2 Å². The van der Waals surface area contributed by atoms with Crippen LogP contribution in [0.1, 0.15) is 175 Å². The summed E-state index contributed by atoms with van der Waals surface area (Å²) < 4.78 is 131. The predicted octanol–water partition coefficient (Wildman–Crippen LogP) is 19.9. The first kappa shape index (κ1) is 99.6. The Morgan fingerprint density at radius 1 is 0.556 bits per heavy atom. The number of hydrogen-bond acceptors (Lipinski definition) is 16. The first-order valence-electron chi connectivity index (χ1n) is 46.3. The fourth-order valence-electron chi connectivity index (χ4n) is 19.9. The van der Waals surface area contributed by atoms with Gasteiger partial charge in [0.1, 0.15) is 35.8 Å². The summed E-state index contributed by atoms with van der Waals surface area (Å²) in [5.74, 6) is -1.57. The lowest BCUT2D eigenvalue weighted by atomic mass is 9.81. The molecule has 124 heavy (non-hydrogen) atoms. The molecule has 6 aliphatic heterocycles. The molecular formula is C102H152O16SSi5. The van der Waals surface area contributed by atoms with Crippen LogP contribution in [0.4, 0.5) is 0 Å². The third-order valence-corrected chi connectivity index (χ3v) is 55.0. The van der Waals surface area contributed by atoms with Gasteiger partial charge in [-0.15, -0.1) is 13.2 Å². The number of sulfone groups is 1. The van der Waals surface area contributed by atoms with Crippen molar-refractivity contribution in [1.29, 1.82) is 0 Å². The summed E-state index contributed by atoms with van der Waals surface area (Å²) >= 11 is 0. The predicted molar refractivity (Wildman–Crippen MR) is 515 cm³/mol. The molecule has 6 heterocycles. The number of methoxy groups -OCH3 is 1. The fourth-order valence-corrected chi connectivity index (χ4v) is 36.6. The Kier molecular flexibility index (Phi) is 33.4. The van der Waals surface area contributed by atoms with Crippen molar-refractivity contribution in [2.45, 2.75) is 353 Å². The van der Waals surface area contributed by atoms with Crippen molar-refractivity contribution >= 4 is 78.0 Å². The zero-order valence-electron chi connectivity index (χ0n) is 78.9. The van der Waals surface area contributed by atoms with E-state index in [1.54, 1.807) is 43.5 Å². The second-order valence-electron chi connectivity index (χ2n) is 41.2. The molecule has 11 rings (SSSR count). The van der Waals surface area contributed by atoms with Crippen LogP contribution < -0.4 is 20.7 Å². The van der Waals surface area contributed by atoms with E-state index >= 15 is 13.2 Å². The number of ether oxygens (including phenoxy) is 8. The average molecular weight is 1810 g/mol. The summed E-state index contributed by atoms with van der Waals surface area (Å²) in [7, 11) is -17.2. The highest BCUT2D eigenvalue weighted by atomic mass is 32.2. The molecule has 22 heteroatoms. The molecule has 0 aliphatic carbocycles.